The predicted molar refractivity (Wildman–Crippen MR) is 227 cm³/mol. The minimum atomic E-state index is -1.31. The quantitative estimate of drug-likeness (QED) is 0.0557. The largest absolute Gasteiger partial charge is 0.481 e. The number of carboxylic acid groups (broad SMARTS) is 3. The number of nitrogens with one attached hydrogen (secondary N) is 6. The topological polar surface area (TPSA) is 406 Å². The number of fused-ring (bicyclic) bond motifs is 2. The number of amides is 2. The van der Waals surface area contributed by atoms with E-state index in [4.69, 9.17) is 21.7 Å². The van der Waals surface area contributed by atoms with Crippen LogP contribution in [0.25, 0.3) is 22.3 Å². The number of aromatic amines is 2. The Morgan fingerprint density at radius 1 is 0.609 bits per heavy atom. The van der Waals surface area contributed by atoms with Crippen molar-refractivity contribution in [2.75, 3.05) is 22.1 Å². The molecule has 0 bridgehead atoms. The van der Waals surface area contributed by atoms with Gasteiger partial charge in [0.15, 0.2) is 22.3 Å². The van der Waals surface area contributed by atoms with Crippen molar-refractivity contribution in [2.45, 2.75) is 57.8 Å². The van der Waals surface area contributed by atoms with Gasteiger partial charge in [-0.05, 0) is 68.3 Å². The minimum Gasteiger partial charge on any atom is -0.481 e. The van der Waals surface area contributed by atoms with Gasteiger partial charge in [-0.1, -0.05) is 0 Å². The molecule has 0 spiro atoms. The maximum absolute atomic E-state index is 12.3. The minimum absolute atomic E-state index is 0.0216. The van der Waals surface area contributed by atoms with Gasteiger partial charge in [-0.25, -0.2) is 29.5 Å². The zero-order valence-electron chi connectivity index (χ0n) is 33.6. The third-order valence-electron chi connectivity index (χ3n) is 8.85. The number of ketones is 1. The molecular weight excluding hydrogens is 841 g/mol. The Bertz CT molecular complexity index is 2640. The first kappa shape index (κ1) is 46.2. The van der Waals surface area contributed by atoms with E-state index in [1.54, 1.807) is 24.3 Å². The molecule has 6 aromatic rings. The Balaban J connectivity index is 0.000000241. The normalized spacial score (nSPS) is 11.6. The molecule has 4 heterocycles. The molecule has 0 saturated heterocycles. The Labute approximate surface area is 359 Å². The molecule has 0 aliphatic rings. The average Bonchev–Trinajstić information content (AvgIpc) is 3.25. The van der Waals surface area contributed by atoms with Crippen molar-refractivity contribution in [3.63, 3.8) is 0 Å². The molecule has 13 N–H and O–H groups in total. The monoisotopic (exact) mass is 880 g/mol. The lowest BCUT2D eigenvalue weighted by molar-refractivity contribution is -0.141. The number of carboxylic acids is 3. The zero-order chi connectivity index (χ0) is 46.5. The van der Waals surface area contributed by atoms with Gasteiger partial charge in [0.25, 0.3) is 22.9 Å². The van der Waals surface area contributed by atoms with Gasteiger partial charge < -0.3 is 52.8 Å². The predicted octanol–water partition coefficient (Wildman–Crippen LogP) is 0.415. The molecule has 0 aliphatic carbocycles. The van der Waals surface area contributed by atoms with Crippen LogP contribution in [-0.4, -0.2) is 103 Å². The summed E-state index contributed by atoms with van der Waals surface area (Å²) in [7, 11) is 0. The van der Waals surface area contributed by atoms with E-state index in [9.17, 15) is 43.5 Å². The number of aliphatic carboxylic acids is 3. The molecule has 6 rings (SSSR count). The van der Waals surface area contributed by atoms with Crippen molar-refractivity contribution in [1.29, 1.82) is 0 Å². The number of nitrogens with zero attached hydrogens (tertiary/aromatic N) is 6. The van der Waals surface area contributed by atoms with Gasteiger partial charge in [0.2, 0.25) is 11.9 Å². The van der Waals surface area contributed by atoms with Crippen molar-refractivity contribution in [3.05, 3.63) is 104 Å². The highest BCUT2D eigenvalue weighted by Crippen LogP contribution is 2.14. The molecule has 332 valence electrons. The second-order valence-electron chi connectivity index (χ2n) is 13.7. The number of carbonyl (C=O) groups is 6. The summed E-state index contributed by atoms with van der Waals surface area (Å²) in [5, 5.41) is 37.9. The van der Waals surface area contributed by atoms with Crippen molar-refractivity contribution in [1.82, 2.24) is 50.5 Å². The lowest BCUT2D eigenvalue weighted by Gasteiger charge is -2.14. The fourth-order valence-corrected chi connectivity index (χ4v) is 5.59. The molecule has 2 atom stereocenters. The van der Waals surface area contributed by atoms with Crippen molar-refractivity contribution in [2.24, 2.45) is 0 Å². The third-order valence-corrected chi connectivity index (χ3v) is 8.85. The van der Waals surface area contributed by atoms with E-state index in [1.165, 1.54) is 43.6 Å². The van der Waals surface area contributed by atoms with E-state index in [2.05, 4.69) is 61.1 Å². The average molecular weight is 881 g/mol. The third kappa shape index (κ3) is 13.0. The summed E-state index contributed by atoms with van der Waals surface area (Å²) >= 11 is 0. The molecule has 25 heteroatoms. The van der Waals surface area contributed by atoms with Gasteiger partial charge in [-0.2, -0.15) is 9.97 Å². The molecule has 25 nitrogen and oxygen atoms in total. The molecule has 2 amide bonds. The van der Waals surface area contributed by atoms with Crippen molar-refractivity contribution < 1.29 is 44.1 Å². The van der Waals surface area contributed by atoms with E-state index in [0.717, 1.165) is 0 Å². The number of nitrogens with two attached hydrogens (primary N) is 2. The summed E-state index contributed by atoms with van der Waals surface area (Å²) in [5.74, 6) is -5.11. The Hall–Kier alpha value is -8.90. The number of nitrogen functional groups attached to an aromatic ring is 2. The van der Waals surface area contributed by atoms with Crippen LogP contribution in [0, 0.1) is 0 Å². The van der Waals surface area contributed by atoms with Gasteiger partial charge in [0, 0.05) is 35.3 Å². The number of H-pyrrole nitrogens is 2. The van der Waals surface area contributed by atoms with Crippen LogP contribution >= 0.6 is 0 Å². The summed E-state index contributed by atoms with van der Waals surface area (Å²) < 4.78 is 0. The van der Waals surface area contributed by atoms with Crippen LogP contribution in [0.15, 0.2) is 70.5 Å². The second kappa shape index (κ2) is 21.1. The first-order valence-electron chi connectivity index (χ1n) is 18.9. The van der Waals surface area contributed by atoms with Gasteiger partial charge in [0.05, 0.1) is 36.9 Å². The highest BCUT2D eigenvalue weighted by molar-refractivity contribution is 5.97. The molecule has 2 unspecified atom stereocenters. The van der Waals surface area contributed by atoms with E-state index in [0.29, 0.717) is 22.8 Å². The van der Waals surface area contributed by atoms with Crippen LogP contribution in [0.4, 0.5) is 23.3 Å². The standard InChI is InChI=1S/C20H21N7O5.C19H19N7O6/c1-10(28)2-7-14(19(31)32)25-17(29)11-3-5-12(6-4-11)22-8-13-9-23-16-15(24-13)18(30)27-20(21)26-16;20-19-25-15-14(17(30)26-19)23-11(8-22-15)7-21-10-3-1-9(2-4-10)16(29)24-12(18(31)32)5-6-13(27)28/h3-6,9,14,22H,2,7-8H2,1H3,(H,25,29)(H,31,32)(H3,21,23,26,27,30);1-4,8,12,21H,5-7H2,(H,24,29)(H,27,28)(H,31,32)(H3,20,22,25,26,30). The first-order chi connectivity index (χ1) is 30.4. The van der Waals surface area contributed by atoms with Crippen LogP contribution < -0.4 is 43.9 Å². The fourth-order valence-electron chi connectivity index (χ4n) is 5.59. The number of hydrogen-bond donors (Lipinski definition) is 11. The highest BCUT2D eigenvalue weighted by Gasteiger charge is 2.23. The van der Waals surface area contributed by atoms with Crippen LogP contribution in [0.5, 0.6) is 0 Å². The molecule has 0 saturated carbocycles. The number of rotatable bonds is 18. The molecule has 0 radical (unpaired) electrons. The van der Waals surface area contributed by atoms with E-state index < -0.39 is 52.9 Å². The zero-order valence-corrected chi connectivity index (χ0v) is 33.6. The fraction of sp³-hybridized carbons (Fsp3) is 0.231. The number of hydrogen-bond acceptors (Lipinski definition) is 18. The van der Waals surface area contributed by atoms with Crippen LogP contribution in [0.2, 0.25) is 0 Å². The molecule has 64 heavy (non-hydrogen) atoms. The van der Waals surface area contributed by atoms with Gasteiger partial charge in [-0.15, -0.1) is 0 Å². The summed E-state index contributed by atoms with van der Waals surface area (Å²) in [4.78, 5) is 122. The second-order valence-corrected chi connectivity index (χ2v) is 13.7. The lowest BCUT2D eigenvalue weighted by atomic mass is 10.1. The molecule has 0 aliphatic heterocycles. The Morgan fingerprint density at radius 2 is 1.00 bits per heavy atom. The molecule has 2 aromatic carbocycles. The van der Waals surface area contributed by atoms with Gasteiger partial charge >= 0.3 is 17.9 Å². The maximum atomic E-state index is 12.3. The van der Waals surface area contributed by atoms with Crippen molar-refractivity contribution >= 4 is 81.1 Å². The number of anilines is 4. The number of benzene rings is 2. The van der Waals surface area contributed by atoms with Crippen LogP contribution in [-0.2, 0) is 32.3 Å². The van der Waals surface area contributed by atoms with E-state index in [-0.39, 0.29) is 89.9 Å². The summed E-state index contributed by atoms with van der Waals surface area (Å²) in [6.07, 6.45) is 2.39. The number of carbonyl (C=O) groups excluding carboxylic acids is 3. The van der Waals surface area contributed by atoms with Gasteiger partial charge in [-0.3, -0.25) is 33.9 Å². The molecule has 4 aromatic heterocycles. The van der Waals surface area contributed by atoms with Crippen LogP contribution in [0.3, 0.4) is 0 Å². The SMILES string of the molecule is CC(=O)CCC(NC(=O)c1ccc(NCc2cnc3nc(N)[nH]c(=O)c3n2)cc1)C(=O)O.Nc1nc2ncc(CNc3ccc(C(=O)NC(CCC(=O)O)C(=O)O)cc3)nc2c(=O)[nH]1. The number of aromatic nitrogens is 8. The molecular formula is C39H40N14O11. The van der Waals surface area contributed by atoms with Crippen molar-refractivity contribution in [3.8, 4) is 0 Å². The number of Topliss-reactive ketones (excluding diaryl/α,β-unsaturated/α-hetero) is 1. The van der Waals surface area contributed by atoms with E-state index >= 15 is 0 Å². The smallest absolute Gasteiger partial charge is 0.326 e. The van der Waals surface area contributed by atoms with Gasteiger partial charge in [0.1, 0.15) is 17.9 Å². The van der Waals surface area contributed by atoms with E-state index in [1.807, 2.05) is 0 Å². The Morgan fingerprint density at radius 3 is 1.36 bits per heavy atom. The summed E-state index contributed by atoms with van der Waals surface area (Å²) in [6, 6.07) is 10.1. The van der Waals surface area contributed by atoms with Crippen LogP contribution in [0.1, 0.15) is 64.7 Å². The lowest BCUT2D eigenvalue weighted by Crippen LogP contribution is -2.41. The summed E-state index contributed by atoms with van der Waals surface area (Å²) in [5.41, 5.74) is 13.1. The first-order valence-corrected chi connectivity index (χ1v) is 18.9. The maximum Gasteiger partial charge on any atom is 0.326 e. The Kier molecular flexibility index (Phi) is 15.2. The summed E-state index contributed by atoms with van der Waals surface area (Å²) in [6.45, 7) is 1.85. The highest BCUT2D eigenvalue weighted by atomic mass is 16.4. The molecule has 0 fully saturated rings.